The highest BCUT2D eigenvalue weighted by molar-refractivity contribution is 5.94. The Kier molecular flexibility index (Phi) is 4.80. The van der Waals surface area contributed by atoms with E-state index in [0.29, 0.717) is 6.08 Å². The normalized spacial score (nSPS) is 12.7. The minimum absolute atomic E-state index is 0.0416. The van der Waals surface area contributed by atoms with Crippen molar-refractivity contribution in [2.24, 2.45) is 0 Å². The lowest BCUT2D eigenvalue weighted by Gasteiger charge is -2.07. The molecule has 0 aliphatic heterocycles. The van der Waals surface area contributed by atoms with Gasteiger partial charge in [-0.3, -0.25) is 4.79 Å². The molecule has 0 atom stereocenters. The summed E-state index contributed by atoms with van der Waals surface area (Å²) in [6.45, 7) is -0.376. The van der Waals surface area contributed by atoms with E-state index in [-0.39, 0.29) is 18.2 Å². The first kappa shape index (κ1) is 16.1. The van der Waals surface area contributed by atoms with Crippen molar-refractivity contribution < 1.29 is 31.1 Å². The van der Waals surface area contributed by atoms with Gasteiger partial charge in [0.25, 0.3) is 5.91 Å². The second-order valence-electron chi connectivity index (χ2n) is 3.73. The molecule has 2 nitrogen and oxygen atoms in total. The molecule has 0 aliphatic carbocycles. The number of nitrogens with one attached hydrogen (secondary N) is 1. The summed E-state index contributed by atoms with van der Waals surface area (Å²) in [6.07, 6.45) is -8.33. The summed E-state index contributed by atoms with van der Waals surface area (Å²) in [5, 5.41) is 2.12. The molecule has 8 heteroatoms. The van der Waals surface area contributed by atoms with Crippen LogP contribution >= 0.6 is 0 Å². The molecule has 0 aliphatic rings. The Hall–Kier alpha value is -1.99. The molecule has 110 valence electrons. The van der Waals surface area contributed by atoms with Crippen LogP contribution in [0.4, 0.5) is 26.3 Å². The van der Waals surface area contributed by atoms with E-state index in [4.69, 9.17) is 0 Å². The summed E-state index contributed by atoms with van der Waals surface area (Å²) < 4.78 is 72.1. The molecule has 0 heterocycles. The second kappa shape index (κ2) is 5.98. The molecule has 0 spiro atoms. The predicted molar refractivity (Wildman–Crippen MR) is 59.0 cm³/mol. The monoisotopic (exact) mass is 297 g/mol. The maximum absolute atomic E-state index is 12.3. The summed E-state index contributed by atoms with van der Waals surface area (Å²) in [7, 11) is 0. The topological polar surface area (TPSA) is 29.1 Å². The molecule has 0 fully saturated rings. The average Bonchev–Trinajstić information content (AvgIpc) is 2.32. The van der Waals surface area contributed by atoms with Gasteiger partial charge in [-0.15, -0.1) is 0 Å². The van der Waals surface area contributed by atoms with Crippen molar-refractivity contribution in [2.75, 3.05) is 6.54 Å². The van der Waals surface area contributed by atoms with E-state index in [1.54, 1.807) is 0 Å². The maximum Gasteiger partial charge on any atom is 0.416 e. The molecule has 1 rings (SSSR count). The number of rotatable bonds is 3. The SMILES string of the molecule is O=C(NC/C=C\C(F)(F)F)c1ccc(C(F)(F)F)cc1. The number of allylic oxidation sites excluding steroid dienone is 1. The zero-order valence-corrected chi connectivity index (χ0v) is 9.85. The molecule has 20 heavy (non-hydrogen) atoms. The van der Waals surface area contributed by atoms with E-state index in [9.17, 15) is 31.1 Å². The van der Waals surface area contributed by atoms with Gasteiger partial charge >= 0.3 is 12.4 Å². The van der Waals surface area contributed by atoms with Crippen LogP contribution in [0.25, 0.3) is 0 Å². The molecule has 1 aromatic carbocycles. The van der Waals surface area contributed by atoms with Crippen molar-refractivity contribution in [1.29, 1.82) is 0 Å². The fourth-order valence-corrected chi connectivity index (χ4v) is 1.26. The summed E-state index contributed by atoms with van der Waals surface area (Å²) in [4.78, 5) is 11.4. The van der Waals surface area contributed by atoms with Crippen LogP contribution in [0.1, 0.15) is 15.9 Å². The summed E-state index contributed by atoms with van der Waals surface area (Å²) >= 11 is 0. The summed E-state index contributed by atoms with van der Waals surface area (Å²) in [5.74, 6) is -0.759. The fraction of sp³-hybridized carbons (Fsp3) is 0.250. The van der Waals surface area contributed by atoms with Crippen molar-refractivity contribution in [3.05, 3.63) is 47.5 Å². The largest absolute Gasteiger partial charge is 0.416 e. The molecule has 0 unspecified atom stereocenters. The number of amides is 1. The lowest BCUT2D eigenvalue weighted by molar-refractivity contribution is -0.137. The number of hydrogen-bond acceptors (Lipinski definition) is 1. The highest BCUT2D eigenvalue weighted by atomic mass is 19.4. The molecular formula is C12H9F6NO. The lowest BCUT2D eigenvalue weighted by atomic mass is 10.1. The van der Waals surface area contributed by atoms with Gasteiger partial charge in [0.2, 0.25) is 0 Å². The van der Waals surface area contributed by atoms with Crippen molar-refractivity contribution in [3.8, 4) is 0 Å². The zero-order valence-electron chi connectivity index (χ0n) is 9.85. The number of benzene rings is 1. The van der Waals surface area contributed by atoms with Gasteiger partial charge in [-0.05, 0) is 24.3 Å². The quantitative estimate of drug-likeness (QED) is 0.671. The van der Waals surface area contributed by atoms with Gasteiger partial charge in [0.05, 0.1) is 5.56 Å². The van der Waals surface area contributed by atoms with Gasteiger partial charge in [0.15, 0.2) is 0 Å². The second-order valence-corrected chi connectivity index (χ2v) is 3.73. The molecule has 0 bridgehead atoms. The van der Waals surface area contributed by atoms with Crippen LogP contribution in [0.3, 0.4) is 0 Å². The van der Waals surface area contributed by atoms with Gasteiger partial charge in [-0.25, -0.2) is 0 Å². The molecule has 1 N–H and O–H groups in total. The zero-order chi connectivity index (χ0) is 15.4. The first-order chi connectivity index (χ1) is 9.09. The number of hydrogen-bond donors (Lipinski definition) is 1. The van der Waals surface area contributed by atoms with Crippen LogP contribution in [-0.4, -0.2) is 18.6 Å². The maximum atomic E-state index is 12.3. The Labute approximate surface area is 110 Å². The van der Waals surface area contributed by atoms with Crippen LogP contribution in [0, 0.1) is 0 Å². The van der Waals surface area contributed by atoms with Crippen LogP contribution in [0.2, 0.25) is 0 Å². The minimum atomic E-state index is -4.51. The van der Waals surface area contributed by atoms with E-state index < -0.39 is 23.8 Å². The Balaban J connectivity index is 2.59. The fourth-order valence-electron chi connectivity index (χ4n) is 1.26. The van der Waals surface area contributed by atoms with Gasteiger partial charge < -0.3 is 5.32 Å². The van der Waals surface area contributed by atoms with E-state index in [0.717, 1.165) is 24.3 Å². The van der Waals surface area contributed by atoms with Crippen LogP contribution < -0.4 is 5.32 Å². The van der Waals surface area contributed by atoms with Gasteiger partial charge in [0.1, 0.15) is 0 Å². The Morgan fingerprint density at radius 2 is 1.60 bits per heavy atom. The molecule has 0 aromatic heterocycles. The third kappa shape index (κ3) is 5.33. The van der Waals surface area contributed by atoms with Crippen molar-refractivity contribution >= 4 is 5.91 Å². The molecule has 1 aromatic rings. The van der Waals surface area contributed by atoms with Gasteiger partial charge in [-0.1, -0.05) is 6.08 Å². The molecule has 0 saturated carbocycles. The standard InChI is InChI=1S/C12H9F6NO/c13-11(14,15)6-1-7-19-10(20)8-2-4-9(5-3-8)12(16,17)18/h1-6H,7H2,(H,19,20)/b6-1-. The molecule has 0 radical (unpaired) electrons. The molecular weight excluding hydrogens is 288 g/mol. The molecule has 1 amide bonds. The van der Waals surface area contributed by atoms with E-state index in [1.807, 2.05) is 0 Å². The van der Waals surface area contributed by atoms with Gasteiger partial charge in [-0.2, -0.15) is 26.3 Å². The highest BCUT2D eigenvalue weighted by Crippen LogP contribution is 2.29. The van der Waals surface area contributed by atoms with Crippen molar-refractivity contribution in [3.63, 3.8) is 0 Å². The number of carbonyl (C=O) groups is 1. The lowest BCUT2D eigenvalue weighted by Crippen LogP contribution is -2.23. The highest BCUT2D eigenvalue weighted by Gasteiger charge is 2.30. The first-order valence-corrected chi connectivity index (χ1v) is 5.29. The third-order valence-electron chi connectivity index (χ3n) is 2.16. The van der Waals surface area contributed by atoms with Crippen molar-refractivity contribution in [2.45, 2.75) is 12.4 Å². The van der Waals surface area contributed by atoms with Crippen LogP contribution in [0.15, 0.2) is 36.4 Å². The number of halogens is 6. The van der Waals surface area contributed by atoms with Crippen LogP contribution in [-0.2, 0) is 6.18 Å². The van der Waals surface area contributed by atoms with Crippen LogP contribution in [0.5, 0.6) is 0 Å². The number of carbonyl (C=O) groups excluding carboxylic acids is 1. The smallest absolute Gasteiger partial charge is 0.349 e. The van der Waals surface area contributed by atoms with E-state index >= 15 is 0 Å². The first-order valence-electron chi connectivity index (χ1n) is 5.29. The van der Waals surface area contributed by atoms with E-state index in [1.165, 1.54) is 0 Å². The Morgan fingerprint density at radius 3 is 2.05 bits per heavy atom. The Morgan fingerprint density at radius 1 is 1.05 bits per heavy atom. The minimum Gasteiger partial charge on any atom is -0.349 e. The number of alkyl halides is 6. The third-order valence-corrected chi connectivity index (χ3v) is 2.16. The Bertz CT molecular complexity index is 486. The average molecular weight is 297 g/mol. The summed E-state index contributed by atoms with van der Waals surface area (Å²) in [6, 6.07) is 3.35. The van der Waals surface area contributed by atoms with Gasteiger partial charge in [0, 0.05) is 18.2 Å². The van der Waals surface area contributed by atoms with E-state index in [2.05, 4.69) is 5.32 Å². The molecule has 0 saturated heterocycles. The predicted octanol–water partition coefficient (Wildman–Crippen LogP) is 3.55. The summed E-state index contributed by atoms with van der Waals surface area (Å²) in [5.41, 5.74) is -0.982. The van der Waals surface area contributed by atoms with Crippen molar-refractivity contribution in [1.82, 2.24) is 5.32 Å².